The molecule has 4 heteroatoms. The summed E-state index contributed by atoms with van der Waals surface area (Å²) in [5, 5.41) is 3.37. The van der Waals surface area contributed by atoms with Crippen molar-refractivity contribution < 1.29 is 0 Å². The van der Waals surface area contributed by atoms with Gasteiger partial charge in [-0.3, -0.25) is 0 Å². The number of thioether (sulfide) groups is 1. The van der Waals surface area contributed by atoms with Crippen LogP contribution in [0.4, 0.5) is 0 Å². The van der Waals surface area contributed by atoms with E-state index >= 15 is 0 Å². The van der Waals surface area contributed by atoms with E-state index in [1.54, 1.807) is 11.3 Å². The highest BCUT2D eigenvalue weighted by molar-refractivity contribution is 8.03. The summed E-state index contributed by atoms with van der Waals surface area (Å²) in [6.45, 7) is 2.20. The van der Waals surface area contributed by atoms with Crippen LogP contribution in [-0.2, 0) is 0 Å². The van der Waals surface area contributed by atoms with E-state index in [1.165, 1.54) is 22.1 Å². The SMILES string of the molecule is CCCSC1=CC(c2cccs2)NN1. The van der Waals surface area contributed by atoms with Gasteiger partial charge in [0.25, 0.3) is 0 Å². The normalized spacial score (nSPS) is 20.6. The Morgan fingerprint density at radius 3 is 3.21 bits per heavy atom. The average molecular weight is 226 g/mol. The molecule has 0 fully saturated rings. The third-order valence-electron chi connectivity index (χ3n) is 1.98. The van der Waals surface area contributed by atoms with Crippen LogP contribution >= 0.6 is 23.1 Å². The number of nitrogens with one attached hydrogen (secondary N) is 2. The van der Waals surface area contributed by atoms with E-state index in [4.69, 9.17) is 0 Å². The smallest absolute Gasteiger partial charge is 0.0811 e. The summed E-state index contributed by atoms with van der Waals surface area (Å²) in [7, 11) is 0. The van der Waals surface area contributed by atoms with E-state index in [1.807, 2.05) is 11.8 Å². The number of hydrogen-bond acceptors (Lipinski definition) is 4. The molecule has 2 nitrogen and oxygen atoms in total. The highest BCUT2D eigenvalue weighted by Gasteiger charge is 2.16. The van der Waals surface area contributed by atoms with Crippen molar-refractivity contribution in [2.75, 3.05) is 5.75 Å². The Labute approximate surface area is 92.8 Å². The van der Waals surface area contributed by atoms with Crippen molar-refractivity contribution >= 4 is 23.1 Å². The Balaban J connectivity index is 1.95. The summed E-state index contributed by atoms with van der Waals surface area (Å²) in [6.07, 6.45) is 3.47. The number of thiophene rings is 1. The summed E-state index contributed by atoms with van der Waals surface area (Å²) < 4.78 is 0. The van der Waals surface area contributed by atoms with Crippen LogP contribution in [0, 0.1) is 0 Å². The van der Waals surface area contributed by atoms with Gasteiger partial charge in [-0.1, -0.05) is 13.0 Å². The van der Waals surface area contributed by atoms with E-state index in [-0.39, 0.29) is 0 Å². The Hall–Kier alpha value is -0.450. The van der Waals surface area contributed by atoms with Crippen molar-refractivity contribution in [2.24, 2.45) is 0 Å². The van der Waals surface area contributed by atoms with Crippen molar-refractivity contribution in [1.82, 2.24) is 10.9 Å². The van der Waals surface area contributed by atoms with Gasteiger partial charge in [0.15, 0.2) is 0 Å². The predicted octanol–water partition coefficient (Wildman–Crippen LogP) is 2.88. The fourth-order valence-corrected chi connectivity index (χ4v) is 2.83. The summed E-state index contributed by atoms with van der Waals surface area (Å²) in [5.74, 6) is 1.18. The average Bonchev–Trinajstić information content (AvgIpc) is 2.85. The summed E-state index contributed by atoms with van der Waals surface area (Å²) in [5.41, 5.74) is 6.48. The second-order valence-corrected chi connectivity index (χ2v) is 5.26. The van der Waals surface area contributed by atoms with Gasteiger partial charge in [-0.2, -0.15) is 0 Å². The minimum atomic E-state index is 0.356. The highest BCUT2D eigenvalue weighted by atomic mass is 32.2. The third kappa shape index (κ3) is 2.32. The van der Waals surface area contributed by atoms with Crippen molar-refractivity contribution in [3.05, 3.63) is 33.5 Å². The Kier molecular flexibility index (Phi) is 3.50. The number of hydrazine groups is 1. The monoisotopic (exact) mass is 226 g/mol. The van der Waals surface area contributed by atoms with Crippen molar-refractivity contribution in [3.63, 3.8) is 0 Å². The van der Waals surface area contributed by atoms with Crippen molar-refractivity contribution in [3.8, 4) is 0 Å². The van der Waals surface area contributed by atoms with E-state index < -0.39 is 0 Å². The third-order valence-corrected chi connectivity index (χ3v) is 4.10. The predicted molar refractivity (Wildman–Crippen MR) is 64.2 cm³/mol. The van der Waals surface area contributed by atoms with Gasteiger partial charge in [0, 0.05) is 4.88 Å². The zero-order valence-electron chi connectivity index (χ0n) is 8.12. The molecule has 0 saturated heterocycles. The van der Waals surface area contributed by atoms with Gasteiger partial charge in [-0.15, -0.1) is 23.1 Å². The molecule has 1 aromatic rings. The quantitative estimate of drug-likeness (QED) is 0.825. The van der Waals surface area contributed by atoms with Gasteiger partial charge in [0.1, 0.15) is 0 Å². The number of rotatable bonds is 4. The first kappa shape index (κ1) is 10.1. The van der Waals surface area contributed by atoms with Crippen molar-refractivity contribution in [1.29, 1.82) is 0 Å². The molecule has 0 aliphatic carbocycles. The van der Waals surface area contributed by atoms with Crippen LogP contribution in [0.1, 0.15) is 24.3 Å². The Bertz CT molecular complexity index is 306. The molecule has 2 rings (SSSR count). The van der Waals surface area contributed by atoms with Crippen LogP contribution in [0.15, 0.2) is 28.6 Å². The highest BCUT2D eigenvalue weighted by Crippen LogP contribution is 2.27. The van der Waals surface area contributed by atoms with Gasteiger partial charge in [0.2, 0.25) is 0 Å². The van der Waals surface area contributed by atoms with Gasteiger partial charge in [0.05, 0.1) is 11.1 Å². The molecule has 1 aliphatic rings. The molecule has 0 radical (unpaired) electrons. The molecule has 0 bridgehead atoms. The van der Waals surface area contributed by atoms with Crippen LogP contribution in [0.5, 0.6) is 0 Å². The summed E-state index contributed by atoms with van der Waals surface area (Å²) in [4.78, 5) is 1.37. The lowest BCUT2D eigenvalue weighted by molar-refractivity contribution is 0.614. The molecule has 1 aliphatic heterocycles. The standard InChI is InChI=1S/C10H14N2S2/c1-2-5-14-10-7-8(11-12-10)9-4-3-6-13-9/h3-4,6-8,11-12H,2,5H2,1H3. The molecule has 0 aromatic carbocycles. The fourth-order valence-electron chi connectivity index (χ4n) is 1.30. The molecule has 1 aromatic heterocycles. The molecule has 14 heavy (non-hydrogen) atoms. The summed E-state index contributed by atoms with van der Waals surface area (Å²) in [6, 6.07) is 4.61. The minimum absolute atomic E-state index is 0.356. The maximum atomic E-state index is 3.26. The maximum absolute atomic E-state index is 3.26. The van der Waals surface area contributed by atoms with Crippen LogP contribution in [-0.4, -0.2) is 5.75 Å². The van der Waals surface area contributed by atoms with E-state index in [2.05, 4.69) is 41.4 Å². The second-order valence-electron chi connectivity index (χ2n) is 3.14. The van der Waals surface area contributed by atoms with Gasteiger partial charge in [-0.25, -0.2) is 5.43 Å². The molecule has 1 atom stereocenters. The van der Waals surface area contributed by atoms with Gasteiger partial charge < -0.3 is 5.43 Å². The molecule has 2 heterocycles. The molecule has 76 valence electrons. The van der Waals surface area contributed by atoms with E-state index in [0.29, 0.717) is 6.04 Å². The van der Waals surface area contributed by atoms with Crippen LogP contribution in [0.3, 0.4) is 0 Å². The maximum Gasteiger partial charge on any atom is 0.0811 e. The first-order chi connectivity index (χ1) is 6.90. The molecule has 1 unspecified atom stereocenters. The molecule has 0 spiro atoms. The molecular formula is C10H14N2S2. The molecule has 2 N–H and O–H groups in total. The second kappa shape index (κ2) is 4.87. The first-order valence-electron chi connectivity index (χ1n) is 4.79. The number of hydrogen-bond donors (Lipinski definition) is 2. The Morgan fingerprint density at radius 2 is 2.50 bits per heavy atom. The lowest BCUT2D eigenvalue weighted by Gasteiger charge is -2.05. The lowest BCUT2D eigenvalue weighted by Crippen LogP contribution is -2.25. The zero-order valence-corrected chi connectivity index (χ0v) is 9.75. The minimum Gasteiger partial charge on any atom is -0.315 e. The summed E-state index contributed by atoms with van der Waals surface area (Å²) >= 11 is 3.67. The Morgan fingerprint density at radius 1 is 1.57 bits per heavy atom. The molecular weight excluding hydrogens is 212 g/mol. The van der Waals surface area contributed by atoms with E-state index in [0.717, 1.165) is 0 Å². The molecule has 0 amide bonds. The zero-order chi connectivity index (χ0) is 9.80. The largest absolute Gasteiger partial charge is 0.315 e. The fraction of sp³-hybridized carbons (Fsp3) is 0.400. The van der Waals surface area contributed by atoms with Crippen LogP contribution in [0.25, 0.3) is 0 Å². The van der Waals surface area contributed by atoms with Crippen LogP contribution in [0.2, 0.25) is 0 Å². The first-order valence-corrected chi connectivity index (χ1v) is 6.66. The van der Waals surface area contributed by atoms with E-state index in [9.17, 15) is 0 Å². The van der Waals surface area contributed by atoms with Crippen LogP contribution < -0.4 is 10.9 Å². The topological polar surface area (TPSA) is 24.1 Å². The van der Waals surface area contributed by atoms with Gasteiger partial charge >= 0.3 is 0 Å². The van der Waals surface area contributed by atoms with Crippen molar-refractivity contribution in [2.45, 2.75) is 19.4 Å². The van der Waals surface area contributed by atoms with Gasteiger partial charge in [-0.05, 0) is 29.7 Å². The molecule has 0 saturated carbocycles. The lowest BCUT2D eigenvalue weighted by atomic mass is 10.2.